The van der Waals surface area contributed by atoms with Gasteiger partial charge in [-0.15, -0.1) is 0 Å². The number of nitrogens with two attached hydrogens (primary N) is 1. The normalized spacial score (nSPS) is 9.46. The lowest BCUT2D eigenvalue weighted by molar-refractivity contribution is 1.22. The number of fused-ring (bicyclic) bond motifs is 1. The summed E-state index contributed by atoms with van der Waals surface area (Å²) in [5.74, 6) is 0.458. The molecule has 0 atom stereocenters. The number of nitrogen functional groups attached to an aromatic ring is 1. The van der Waals surface area contributed by atoms with Crippen LogP contribution in [-0.2, 0) is 0 Å². The van der Waals surface area contributed by atoms with Gasteiger partial charge >= 0.3 is 0 Å². The van der Waals surface area contributed by atoms with Gasteiger partial charge in [0.15, 0.2) is 5.82 Å². The van der Waals surface area contributed by atoms with Crippen molar-refractivity contribution >= 4 is 27.5 Å². The van der Waals surface area contributed by atoms with Crippen LogP contribution in [0.3, 0.4) is 0 Å². The highest BCUT2D eigenvalue weighted by atomic mass is 32.1. The number of hydrogen-bond donors (Lipinski definition) is 1. The maximum Gasteiger partial charge on any atom is 0.154 e. The van der Waals surface area contributed by atoms with Gasteiger partial charge in [-0.1, -0.05) is 25.2 Å². The molecule has 0 radical (unpaired) electrons. The topological polar surface area (TPSA) is 64.7 Å². The number of nitrogens with zero attached hydrogens (tertiary/aromatic N) is 3. The predicted octanol–water partition coefficient (Wildman–Crippen LogP) is 2.00. The van der Waals surface area contributed by atoms with Crippen LogP contribution in [0.2, 0.25) is 0 Å². The lowest BCUT2D eigenvalue weighted by Gasteiger charge is -1.88. The molecule has 0 amide bonds. The second-order valence-electron chi connectivity index (χ2n) is 2.15. The molecule has 0 unspecified atom stereocenters. The summed E-state index contributed by atoms with van der Waals surface area (Å²) in [6.07, 6.45) is 1.45. The zero-order valence-electron chi connectivity index (χ0n) is 7.90. The van der Waals surface area contributed by atoms with Gasteiger partial charge < -0.3 is 5.73 Å². The van der Waals surface area contributed by atoms with Gasteiger partial charge in [-0.2, -0.15) is 0 Å². The van der Waals surface area contributed by atoms with Crippen LogP contribution < -0.4 is 5.73 Å². The summed E-state index contributed by atoms with van der Waals surface area (Å²) in [4.78, 5) is 12.9. The average Bonchev–Trinajstić information content (AvgIpc) is 2.51. The molecule has 0 bridgehead atoms. The molecule has 2 aromatic rings. The molecule has 13 heavy (non-hydrogen) atoms. The first-order valence-corrected chi connectivity index (χ1v) is 4.92. The maximum absolute atomic E-state index is 5.56. The van der Waals surface area contributed by atoms with Crippen LogP contribution in [0.25, 0.3) is 10.3 Å². The van der Waals surface area contributed by atoms with E-state index in [1.165, 1.54) is 17.7 Å². The monoisotopic (exact) mass is 196 g/mol. The van der Waals surface area contributed by atoms with E-state index in [0.29, 0.717) is 5.82 Å². The SMILES string of the molecule is CC.Cc1nc2c(N)ncnc2s1. The molecule has 0 saturated carbocycles. The highest BCUT2D eigenvalue weighted by Gasteiger charge is 2.03. The van der Waals surface area contributed by atoms with E-state index < -0.39 is 0 Å². The number of rotatable bonds is 0. The molecule has 0 aromatic carbocycles. The summed E-state index contributed by atoms with van der Waals surface area (Å²) in [6, 6.07) is 0. The van der Waals surface area contributed by atoms with Crippen molar-refractivity contribution in [1.29, 1.82) is 0 Å². The van der Waals surface area contributed by atoms with Crippen LogP contribution >= 0.6 is 11.3 Å². The average molecular weight is 196 g/mol. The highest BCUT2D eigenvalue weighted by molar-refractivity contribution is 7.18. The number of hydrogen-bond acceptors (Lipinski definition) is 5. The molecule has 0 saturated heterocycles. The van der Waals surface area contributed by atoms with Crippen molar-refractivity contribution in [1.82, 2.24) is 15.0 Å². The van der Waals surface area contributed by atoms with Crippen LogP contribution in [0.4, 0.5) is 5.82 Å². The molecule has 5 heteroatoms. The molecule has 2 aromatic heterocycles. The maximum atomic E-state index is 5.56. The van der Waals surface area contributed by atoms with Crippen molar-refractivity contribution in [3.8, 4) is 0 Å². The molecular weight excluding hydrogens is 184 g/mol. The Kier molecular flexibility index (Phi) is 3.13. The number of aromatic nitrogens is 3. The van der Waals surface area contributed by atoms with Gasteiger partial charge in [-0.25, -0.2) is 15.0 Å². The fourth-order valence-corrected chi connectivity index (χ4v) is 1.64. The first-order chi connectivity index (χ1) is 6.27. The first kappa shape index (κ1) is 9.85. The molecular formula is C8H12N4S. The Labute approximate surface area is 80.9 Å². The Morgan fingerprint density at radius 2 is 2.00 bits per heavy atom. The molecule has 0 aliphatic carbocycles. The smallest absolute Gasteiger partial charge is 0.154 e. The van der Waals surface area contributed by atoms with E-state index in [0.717, 1.165) is 15.4 Å². The van der Waals surface area contributed by atoms with E-state index in [1.807, 2.05) is 20.8 Å². The molecule has 70 valence electrons. The zero-order chi connectivity index (χ0) is 9.84. The minimum Gasteiger partial charge on any atom is -0.382 e. The van der Waals surface area contributed by atoms with Crippen molar-refractivity contribution in [2.45, 2.75) is 20.8 Å². The summed E-state index contributed by atoms with van der Waals surface area (Å²) in [7, 11) is 0. The quantitative estimate of drug-likeness (QED) is 0.700. The summed E-state index contributed by atoms with van der Waals surface area (Å²) >= 11 is 1.52. The molecule has 0 aliphatic rings. The van der Waals surface area contributed by atoms with Crippen molar-refractivity contribution in [2.24, 2.45) is 0 Å². The molecule has 2 rings (SSSR count). The minimum absolute atomic E-state index is 0.458. The fourth-order valence-electron chi connectivity index (χ4n) is 0.875. The van der Waals surface area contributed by atoms with Crippen molar-refractivity contribution in [3.05, 3.63) is 11.3 Å². The largest absolute Gasteiger partial charge is 0.382 e. The fraction of sp³-hybridized carbons (Fsp3) is 0.375. The third-order valence-electron chi connectivity index (χ3n) is 1.33. The molecule has 2 heterocycles. The lowest BCUT2D eigenvalue weighted by Crippen LogP contribution is -1.91. The molecule has 4 nitrogen and oxygen atoms in total. The van der Waals surface area contributed by atoms with Crippen LogP contribution in [-0.4, -0.2) is 15.0 Å². The summed E-state index contributed by atoms with van der Waals surface area (Å²) in [5.41, 5.74) is 6.28. The predicted molar refractivity (Wildman–Crippen MR) is 55.7 cm³/mol. The van der Waals surface area contributed by atoms with E-state index in [9.17, 15) is 0 Å². The molecule has 2 N–H and O–H groups in total. The van der Waals surface area contributed by atoms with Crippen LogP contribution in [0.1, 0.15) is 18.9 Å². The van der Waals surface area contributed by atoms with E-state index in [1.54, 1.807) is 0 Å². The third-order valence-corrected chi connectivity index (χ3v) is 2.21. The number of anilines is 1. The Hall–Kier alpha value is -1.23. The summed E-state index contributed by atoms with van der Waals surface area (Å²) < 4.78 is 0. The van der Waals surface area contributed by atoms with Crippen LogP contribution in [0.15, 0.2) is 6.33 Å². The highest BCUT2D eigenvalue weighted by Crippen LogP contribution is 2.21. The van der Waals surface area contributed by atoms with Crippen LogP contribution in [0.5, 0.6) is 0 Å². The van der Waals surface area contributed by atoms with E-state index in [2.05, 4.69) is 15.0 Å². The van der Waals surface area contributed by atoms with Crippen LogP contribution in [0, 0.1) is 6.92 Å². The first-order valence-electron chi connectivity index (χ1n) is 4.11. The Morgan fingerprint density at radius 3 is 2.62 bits per heavy atom. The van der Waals surface area contributed by atoms with E-state index in [-0.39, 0.29) is 0 Å². The second kappa shape index (κ2) is 4.13. The van der Waals surface area contributed by atoms with Crippen molar-refractivity contribution in [2.75, 3.05) is 5.73 Å². The van der Waals surface area contributed by atoms with Gasteiger partial charge in [0, 0.05) is 0 Å². The zero-order valence-corrected chi connectivity index (χ0v) is 8.72. The van der Waals surface area contributed by atoms with Crippen molar-refractivity contribution < 1.29 is 0 Å². The van der Waals surface area contributed by atoms with E-state index >= 15 is 0 Å². The van der Waals surface area contributed by atoms with Gasteiger partial charge in [0.25, 0.3) is 0 Å². The van der Waals surface area contributed by atoms with Gasteiger partial charge in [-0.05, 0) is 6.92 Å². The van der Waals surface area contributed by atoms with Gasteiger partial charge in [-0.3, -0.25) is 0 Å². The molecule has 0 fully saturated rings. The Morgan fingerprint density at radius 1 is 1.31 bits per heavy atom. The third kappa shape index (κ3) is 1.92. The standard InChI is InChI=1S/C6H6N4S.C2H6/c1-3-10-4-5(7)8-2-9-6(4)11-3;1-2/h2H,1H3,(H2,7,8,9);1-2H3. The van der Waals surface area contributed by atoms with E-state index in [4.69, 9.17) is 5.73 Å². The van der Waals surface area contributed by atoms with Gasteiger partial charge in [0.2, 0.25) is 0 Å². The summed E-state index contributed by atoms with van der Waals surface area (Å²) in [5, 5.41) is 0.965. The number of aryl methyl sites for hydroxylation is 1. The van der Waals surface area contributed by atoms with Gasteiger partial charge in [0.05, 0.1) is 5.01 Å². The molecule has 0 aliphatic heterocycles. The number of thiazole rings is 1. The van der Waals surface area contributed by atoms with Crippen molar-refractivity contribution in [3.63, 3.8) is 0 Å². The minimum atomic E-state index is 0.458. The van der Waals surface area contributed by atoms with Gasteiger partial charge in [0.1, 0.15) is 16.7 Å². The Balaban J connectivity index is 0.000000396. The second-order valence-corrected chi connectivity index (χ2v) is 3.33. The molecule has 0 spiro atoms. The Bertz CT molecular complexity index is 396. The summed E-state index contributed by atoms with van der Waals surface area (Å²) in [6.45, 7) is 5.92. The lowest BCUT2D eigenvalue weighted by atomic mass is 10.5.